The summed E-state index contributed by atoms with van der Waals surface area (Å²) >= 11 is 0. The van der Waals surface area contributed by atoms with E-state index in [4.69, 9.17) is 5.26 Å². The third kappa shape index (κ3) is 2.33. The summed E-state index contributed by atoms with van der Waals surface area (Å²) in [6, 6.07) is 1.79. The molecule has 16 heavy (non-hydrogen) atoms. The van der Waals surface area contributed by atoms with E-state index >= 15 is 0 Å². The van der Waals surface area contributed by atoms with Crippen LogP contribution >= 0.6 is 0 Å². The van der Waals surface area contributed by atoms with Crippen molar-refractivity contribution in [2.24, 2.45) is 7.05 Å². The van der Waals surface area contributed by atoms with Crippen molar-refractivity contribution in [2.45, 2.75) is 6.92 Å². The highest BCUT2D eigenvalue weighted by Gasteiger charge is 2.19. The van der Waals surface area contributed by atoms with E-state index in [9.17, 15) is 9.59 Å². The summed E-state index contributed by atoms with van der Waals surface area (Å²) in [5, 5.41) is 17.9. The monoisotopic (exact) mass is 223 g/mol. The molecule has 0 saturated heterocycles. The van der Waals surface area contributed by atoms with Gasteiger partial charge in [-0.25, -0.2) is 9.48 Å². The molecular weight excluding hydrogens is 214 g/mol. The first kappa shape index (κ1) is 11.6. The predicted octanol–water partition coefficient (Wildman–Crippen LogP) is -0.812. The van der Waals surface area contributed by atoms with Gasteiger partial charge in [0.05, 0.1) is 6.61 Å². The normalized spacial score (nSPS) is 9.31. The molecule has 0 fully saturated rings. The molecule has 1 heterocycles. The van der Waals surface area contributed by atoms with Crippen LogP contribution in [-0.4, -0.2) is 33.5 Å². The highest BCUT2D eigenvalue weighted by molar-refractivity contribution is 6.37. The number of hydrogen-bond donors (Lipinski definition) is 1. The Hall–Kier alpha value is -2.43. The van der Waals surface area contributed by atoms with Crippen LogP contribution < -0.4 is 5.32 Å². The standard InChI is InChI=1S/C8H9N5O3/c1-3-16-8(15)7(14)10-6-5(4-9)13(2)12-11-6/h3H2,1-2H3,(H,10,14). The van der Waals surface area contributed by atoms with E-state index in [1.54, 1.807) is 13.0 Å². The van der Waals surface area contributed by atoms with E-state index in [-0.39, 0.29) is 18.1 Å². The third-order valence-corrected chi connectivity index (χ3v) is 1.63. The van der Waals surface area contributed by atoms with Crippen molar-refractivity contribution < 1.29 is 14.3 Å². The van der Waals surface area contributed by atoms with Crippen LogP contribution in [0.2, 0.25) is 0 Å². The van der Waals surface area contributed by atoms with Gasteiger partial charge in [-0.15, -0.1) is 5.10 Å². The van der Waals surface area contributed by atoms with E-state index in [0.29, 0.717) is 0 Å². The topological polar surface area (TPSA) is 110 Å². The molecule has 0 aliphatic rings. The fourth-order valence-electron chi connectivity index (χ4n) is 0.922. The quantitative estimate of drug-likeness (QED) is 0.518. The molecule has 1 N–H and O–H groups in total. The van der Waals surface area contributed by atoms with Gasteiger partial charge < -0.3 is 4.74 Å². The average molecular weight is 223 g/mol. The first-order valence-electron chi connectivity index (χ1n) is 4.38. The maximum atomic E-state index is 11.2. The molecule has 0 aliphatic heterocycles. The van der Waals surface area contributed by atoms with Gasteiger partial charge in [0.15, 0.2) is 11.5 Å². The molecule has 1 aromatic rings. The molecule has 0 bridgehead atoms. The van der Waals surface area contributed by atoms with E-state index in [1.807, 2.05) is 0 Å². The van der Waals surface area contributed by atoms with Crippen LogP contribution in [0.4, 0.5) is 5.82 Å². The summed E-state index contributed by atoms with van der Waals surface area (Å²) in [6.07, 6.45) is 0. The molecule has 8 heteroatoms. The first-order chi connectivity index (χ1) is 7.60. The zero-order valence-corrected chi connectivity index (χ0v) is 8.72. The Kier molecular flexibility index (Phi) is 3.55. The number of nitrogens with one attached hydrogen (secondary N) is 1. The number of esters is 1. The summed E-state index contributed by atoms with van der Waals surface area (Å²) < 4.78 is 5.65. The summed E-state index contributed by atoms with van der Waals surface area (Å²) in [4.78, 5) is 22.2. The number of carbonyl (C=O) groups excluding carboxylic acids is 2. The Labute approximate surface area is 90.8 Å². The van der Waals surface area contributed by atoms with Crippen molar-refractivity contribution >= 4 is 17.7 Å². The third-order valence-electron chi connectivity index (χ3n) is 1.63. The van der Waals surface area contributed by atoms with Gasteiger partial charge in [0.2, 0.25) is 0 Å². The number of aryl methyl sites for hydroxylation is 1. The van der Waals surface area contributed by atoms with Crippen LogP contribution in [0.5, 0.6) is 0 Å². The SMILES string of the molecule is CCOC(=O)C(=O)Nc1nnn(C)c1C#N. The van der Waals surface area contributed by atoms with Gasteiger partial charge in [0.1, 0.15) is 6.07 Å². The number of nitrogens with zero attached hydrogens (tertiary/aromatic N) is 4. The fourth-order valence-corrected chi connectivity index (χ4v) is 0.922. The second-order valence-corrected chi connectivity index (χ2v) is 2.70. The minimum atomic E-state index is -1.03. The number of ether oxygens (including phenoxy) is 1. The van der Waals surface area contributed by atoms with E-state index in [2.05, 4.69) is 20.4 Å². The molecule has 84 valence electrons. The fraction of sp³-hybridized carbons (Fsp3) is 0.375. The second kappa shape index (κ2) is 4.88. The molecule has 8 nitrogen and oxygen atoms in total. The second-order valence-electron chi connectivity index (χ2n) is 2.70. The lowest BCUT2D eigenvalue weighted by Gasteiger charge is -2.01. The highest BCUT2D eigenvalue weighted by Crippen LogP contribution is 2.08. The van der Waals surface area contributed by atoms with Gasteiger partial charge in [0.25, 0.3) is 0 Å². The Bertz CT molecular complexity index is 459. The van der Waals surface area contributed by atoms with Gasteiger partial charge in [0, 0.05) is 7.05 Å². The van der Waals surface area contributed by atoms with Gasteiger partial charge in [-0.1, -0.05) is 5.21 Å². The smallest absolute Gasteiger partial charge is 0.397 e. The number of aromatic nitrogens is 3. The van der Waals surface area contributed by atoms with Crippen LogP contribution in [0.3, 0.4) is 0 Å². The maximum Gasteiger partial charge on any atom is 0.397 e. The molecular formula is C8H9N5O3. The summed E-state index contributed by atoms with van der Waals surface area (Å²) in [6.45, 7) is 1.67. The van der Waals surface area contributed by atoms with Crippen LogP contribution in [0.1, 0.15) is 12.6 Å². The van der Waals surface area contributed by atoms with Crippen molar-refractivity contribution in [1.29, 1.82) is 5.26 Å². The van der Waals surface area contributed by atoms with Crippen LogP contribution in [0.15, 0.2) is 0 Å². The minimum Gasteiger partial charge on any atom is -0.459 e. The molecule has 0 aliphatic carbocycles. The Morgan fingerprint density at radius 3 is 2.88 bits per heavy atom. The largest absolute Gasteiger partial charge is 0.459 e. The number of amides is 1. The molecule has 0 atom stereocenters. The number of hydrogen-bond acceptors (Lipinski definition) is 6. The van der Waals surface area contributed by atoms with Gasteiger partial charge >= 0.3 is 11.9 Å². The van der Waals surface area contributed by atoms with Crippen molar-refractivity contribution in [2.75, 3.05) is 11.9 Å². The maximum absolute atomic E-state index is 11.2. The van der Waals surface area contributed by atoms with Crippen molar-refractivity contribution in [3.8, 4) is 6.07 Å². The number of rotatable bonds is 2. The Morgan fingerprint density at radius 1 is 1.62 bits per heavy atom. The molecule has 0 radical (unpaired) electrons. The van der Waals surface area contributed by atoms with E-state index in [0.717, 1.165) is 0 Å². The molecule has 0 saturated carbocycles. The highest BCUT2D eigenvalue weighted by atomic mass is 16.5. The number of nitriles is 1. The van der Waals surface area contributed by atoms with Gasteiger partial charge in [-0.3, -0.25) is 10.1 Å². The molecule has 0 spiro atoms. The van der Waals surface area contributed by atoms with Crippen molar-refractivity contribution in [3.05, 3.63) is 5.69 Å². The van der Waals surface area contributed by atoms with Crippen LogP contribution in [-0.2, 0) is 21.4 Å². The van der Waals surface area contributed by atoms with E-state index in [1.165, 1.54) is 11.7 Å². The average Bonchev–Trinajstić information content (AvgIpc) is 2.59. The summed E-state index contributed by atoms with van der Waals surface area (Å²) in [7, 11) is 1.49. The van der Waals surface area contributed by atoms with Crippen molar-refractivity contribution in [1.82, 2.24) is 15.0 Å². The van der Waals surface area contributed by atoms with Crippen LogP contribution in [0, 0.1) is 11.3 Å². The zero-order chi connectivity index (χ0) is 12.1. The summed E-state index contributed by atoms with van der Waals surface area (Å²) in [5.41, 5.74) is 0.0534. The molecule has 1 amide bonds. The van der Waals surface area contributed by atoms with Crippen LogP contribution in [0.25, 0.3) is 0 Å². The number of carbonyl (C=O) groups is 2. The lowest BCUT2D eigenvalue weighted by molar-refractivity contribution is -0.152. The molecule has 0 unspecified atom stereocenters. The van der Waals surface area contributed by atoms with Gasteiger partial charge in [-0.2, -0.15) is 5.26 Å². The first-order valence-corrected chi connectivity index (χ1v) is 4.38. The lowest BCUT2D eigenvalue weighted by atomic mass is 10.4. The molecule has 1 aromatic heterocycles. The minimum absolute atomic E-state index is 0.0534. The predicted molar refractivity (Wildman–Crippen MR) is 51.0 cm³/mol. The van der Waals surface area contributed by atoms with Gasteiger partial charge in [-0.05, 0) is 6.92 Å². The summed E-state index contributed by atoms with van der Waals surface area (Å²) in [5.74, 6) is -2.08. The van der Waals surface area contributed by atoms with Crippen molar-refractivity contribution in [3.63, 3.8) is 0 Å². The van der Waals surface area contributed by atoms with E-state index < -0.39 is 11.9 Å². The lowest BCUT2D eigenvalue weighted by Crippen LogP contribution is -2.25. The zero-order valence-electron chi connectivity index (χ0n) is 8.72. The Balaban J connectivity index is 2.78. The number of anilines is 1. The Morgan fingerprint density at radius 2 is 2.31 bits per heavy atom. The molecule has 0 aromatic carbocycles. The molecule has 1 rings (SSSR count).